The van der Waals surface area contributed by atoms with Gasteiger partial charge in [-0.15, -0.1) is 0 Å². The summed E-state index contributed by atoms with van der Waals surface area (Å²) in [5.74, 6) is -2.91. The fourth-order valence-corrected chi connectivity index (χ4v) is 4.82. The number of aromatic nitrogens is 1. The number of carbonyl (C=O) groups is 2. The summed E-state index contributed by atoms with van der Waals surface area (Å²) in [6.45, 7) is 0.980. The average molecular weight is 439 g/mol. The second-order valence-electron chi connectivity index (χ2n) is 6.46. The number of alkyl halides is 3. The van der Waals surface area contributed by atoms with Crippen LogP contribution in [0.4, 0.5) is 13.2 Å². The van der Waals surface area contributed by atoms with E-state index in [1.807, 2.05) is 0 Å². The smallest absolute Gasteiger partial charge is 0.475 e. The van der Waals surface area contributed by atoms with Crippen molar-refractivity contribution in [1.82, 2.24) is 14.6 Å². The molecule has 0 bridgehead atoms. The van der Waals surface area contributed by atoms with Gasteiger partial charge in [-0.1, -0.05) is 0 Å². The van der Waals surface area contributed by atoms with E-state index in [0.29, 0.717) is 26.0 Å². The normalized spacial score (nSPS) is 24.8. The molecule has 2 saturated heterocycles. The highest BCUT2D eigenvalue weighted by atomic mass is 32.2. The average Bonchev–Trinajstić information content (AvgIpc) is 3.12. The zero-order valence-electron chi connectivity index (χ0n) is 15.3. The highest BCUT2D eigenvalue weighted by Gasteiger charge is 2.54. The number of pyridine rings is 1. The molecular formula is C16H20F3N3O6S. The van der Waals surface area contributed by atoms with Crippen LogP contribution >= 0.6 is 0 Å². The van der Waals surface area contributed by atoms with Gasteiger partial charge in [0.1, 0.15) is 4.90 Å². The van der Waals surface area contributed by atoms with Gasteiger partial charge in [0, 0.05) is 39.1 Å². The van der Waals surface area contributed by atoms with Crippen molar-refractivity contribution >= 4 is 21.9 Å². The van der Waals surface area contributed by atoms with Crippen molar-refractivity contribution in [1.29, 1.82) is 0 Å². The van der Waals surface area contributed by atoms with Gasteiger partial charge in [0.15, 0.2) is 0 Å². The van der Waals surface area contributed by atoms with Gasteiger partial charge in [0.25, 0.3) is 0 Å². The molecule has 0 aliphatic carbocycles. The molecular weight excluding hydrogens is 419 g/mol. The Labute approximate surface area is 164 Å². The van der Waals surface area contributed by atoms with Crippen molar-refractivity contribution in [2.75, 3.05) is 26.7 Å². The minimum absolute atomic E-state index is 0.147. The van der Waals surface area contributed by atoms with Crippen LogP contribution in [0.15, 0.2) is 29.4 Å². The molecule has 29 heavy (non-hydrogen) atoms. The van der Waals surface area contributed by atoms with Crippen molar-refractivity contribution in [3.63, 3.8) is 0 Å². The number of aliphatic carboxylic acids is 1. The maximum atomic E-state index is 12.7. The molecule has 0 spiro atoms. The Morgan fingerprint density at radius 2 is 2.07 bits per heavy atom. The molecule has 0 unspecified atom stereocenters. The molecule has 2 aliphatic rings. The zero-order chi connectivity index (χ0) is 21.9. The number of fused-ring (bicyclic) bond motifs is 1. The van der Waals surface area contributed by atoms with Gasteiger partial charge in [-0.05, 0) is 25.0 Å². The number of ether oxygens (including phenoxy) is 1. The quantitative estimate of drug-likeness (QED) is 0.708. The van der Waals surface area contributed by atoms with Gasteiger partial charge in [-0.25, -0.2) is 13.2 Å². The van der Waals surface area contributed by atoms with E-state index in [0.717, 1.165) is 0 Å². The maximum Gasteiger partial charge on any atom is 0.490 e. The molecule has 2 N–H and O–H groups in total. The highest BCUT2D eigenvalue weighted by Crippen LogP contribution is 2.42. The summed E-state index contributed by atoms with van der Waals surface area (Å²) in [7, 11) is -2.07. The number of nitrogens with one attached hydrogen (secondary N) is 1. The number of piperidine rings is 1. The van der Waals surface area contributed by atoms with Crippen LogP contribution in [0.25, 0.3) is 0 Å². The first-order chi connectivity index (χ1) is 13.4. The van der Waals surface area contributed by atoms with E-state index in [4.69, 9.17) is 14.6 Å². The number of carboxylic acid groups (broad SMARTS) is 1. The Hall–Kier alpha value is -2.25. The van der Waals surface area contributed by atoms with E-state index in [1.54, 1.807) is 13.1 Å². The minimum atomic E-state index is -5.08. The number of amides is 1. The summed E-state index contributed by atoms with van der Waals surface area (Å²) < 4.78 is 64.3. The molecule has 3 heterocycles. The van der Waals surface area contributed by atoms with Gasteiger partial charge in [0.2, 0.25) is 15.9 Å². The molecule has 2 atom stereocenters. The van der Waals surface area contributed by atoms with E-state index in [2.05, 4.69) is 10.3 Å². The van der Waals surface area contributed by atoms with Gasteiger partial charge in [-0.2, -0.15) is 17.5 Å². The van der Waals surface area contributed by atoms with Crippen molar-refractivity contribution in [3.05, 3.63) is 24.5 Å². The van der Waals surface area contributed by atoms with Gasteiger partial charge < -0.3 is 15.2 Å². The van der Waals surface area contributed by atoms with Crippen molar-refractivity contribution in [3.8, 4) is 0 Å². The third kappa shape index (κ3) is 4.85. The first-order valence-electron chi connectivity index (χ1n) is 8.49. The van der Waals surface area contributed by atoms with Crippen LogP contribution in [0.2, 0.25) is 0 Å². The Balaban J connectivity index is 0.000000370. The summed E-state index contributed by atoms with van der Waals surface area (Å²) in [5.41, 5.74) is -0.789. The number of rotatable bonds is 3. The van der Waals surface area contributed by atoms with Gasteiger partial charge in [0.05, 0.1) is 11.5 Å². The van der Waals surface area contributed by atoms with Crippen LogP contribution < -0.4 is 5.32 Å². The van der Waals surface area contributed by atoms with Gasteiger partial charge >= 0.3 is 12.1 Å². The number of carboxylic acids is 1. The summed E-state index contributed by atoms with van der Waals surface area (Å²) in [6.07, 6.45) is -1.38. The predicted octanol–water partition coefficient (Wildman–Crippen LogP) is 0.631. The van der Waals surface area contributed by atoms with Crippen LogP contribution in [-0.2, 0) is 24.3 Å². The number of nitrogens with zero attached hydrogens (tertiary/aromatic N) is 2. The zero-order valence-corrected chi connectivity index (χ0v) is 16.2. The fourth-order valence-electron chi connectivity index (χ4n) is 3.33. The third-order valence-corrected chi connectivity index (χ3v) is 6.61. The predicted molar refractivity (Wildman–Crippen MR) is 92.2 cm³/mol. The van der Waals surface area contributed by atoms with E-state index >= 15 is 0 Å². The van der Waals surface area contributed by atoms with E-state index < -0.39 is 27.6 Å². The molecule has 0 radical (unpaired) electrons. The second kappa shape index (κ2) is 8.63. The van der Waals surface area contributed by atoms with Crippen molar-refractivity contribution < 1.29 is 41.0 Å². The Kier molecular flexibility index (Phi) is 6.86. The Bertz CT molecular complexity index is 849. The van der Waals surface area contributed by atoms with Crippen LogP contribution in [0, 0.1) is 5.41 Å². The molecule has 3 rings (SSSR count). The molecule has 2 aliphatic heterocycles. The highest BCUT2D eigenvalue weighted by molar-refractivity contribution is 7.89. The third-order valence-electron chi connectivity index (χ3n) is 4.78. The number of sulfonamides is 1. The summed E-state index contributed by atoms with van der Waals surface area (Å²) in [5, 5.41) is 9.78. The monoisotopic (exact) mass is 439 g/mol. The summed E-state index contributed by atoms with van der Waals surface area (Å²) >= 11 is 0. The Morgan fingerprint density at radius 1 is 1.41 bits per heavy atom. The first kappa shape index (κ1) is 23.0. The van der Waals surface area contributed by atoms with E-state index in [9.17, 15) is 26.4 Å². The molecule has 13 heteroatoms. The first-order valence-corrected chi connectivity index (χ1v) is 9.93. The molecule has 1 amide bonds. The van der Waals surface area contributed by atoms with Crippen LogP contribution in [0.1, 0.15) is 12.8 Å². The van der Waals surface area contributed by atoms with Crippen LogP contribution in [0.5, 0.6) is 0 Å². The summed E-state index contributed by atoms with van der Waals surface area (Å²) in [4.78, 5) is 25.3. The van der Waals surface area contributed by atoms with Crippen molar-refractivity contribution in [2.45, 2.75) is 30.0 Å². The van der Waals surface area contributed by atoms with Gasteiger partial charge in [-0.3, -0.25) is 9.78 Å². The SMILES string of the molecule is CNC(=O)[C@@]12CCO[C@@H]1CCN(S(=O)(=O)c1cccnc1)C2.O=C(O)C(F)(F)F. The van der Waals surface area contributed by atoms with Crippen LogP contribution in [-0.4, -0.2) is 73.7 Å². The molecule has 2 fully saturated rings. The molecule has 162 valence electrons. The lowest BCUT2D eigenvalue weighted by atomic mass is 9.76. The second-order valence-corrected chi connectivity index (χ2v) is 8.40. The molecule has 0 saturated carbocycles. The molecule has 1 aromatic heterocycles. The number of halogens is 3. The number of carbonyl (C=O) groups excluding carboxylic acids is 1. The maximum absolute atomic E-state index is 12.7. The fraction of sp³-hybridized carbons (Fsp3) is 0.562. The van der Waals surface area contributed by atoms with E-state index in [-0.39, 0.29) is 23.5 Å². The number of hydrogen-bond donors (Lipinski definition) is 2. The topological polar surface area (TPSA) is 126 Å². The largest absolute Gasteiger partial charge is 0.490 e. The molecule has 1 aromatic rings. The summed E-state index contributed by atoms with van der Waals surface area (Å²) in [6, 6.07) is 3.11. The van der Waals surface area contributed by atoms with E-state index in [1.165, 1.54) is 22.8 Å². The molecule has 9 nitrogen and oxygen atoms in total. The lowest BCUT2D eigenvalue weighted by Crippen LogP contribution is -2.57. The lowest BCUT2D eigenvalue weighted by molar-refractivity contribution is -0.192. The molecule has 0 aromatic carbocycles. The lowest BCUT2D eigenvalue weighted by Gasteiger charge is -2.41. The van der Waals surface area contributed by atoms with Crippen LogP contribution in [0.3, 0.4) is 0 Å². The minimum Gasteiger partial charge on any atom is -0.475 e. The Morgan fingerprint density at radius 3 is 2.59 bits per heavy atom. The standard InChI is InChI=1S/C14H19N3O4S.C2HF3O2/c1-15-13(18)14-5-8-21-12(14)4-7-17(10-14)22(19,20)11-3-2-6-16-9-11;3-2(4,5)1(6)7/h2-3,6,9,12H,4-5,7-8,10H2,1H3,(H,15,18);(H,6,7)/t12-,14-;/m1./s1. The number of hydrogen-bond acceptors (Lipinski definition) is 6. The van der Waals surface area contributed by atoms with Crippen molar-refractivity contribution in [2.24, 2.45) is 5.41 Å².